The molecule has 8 heteroatoms. The number of nitrogens with two attached hydrogens (primary N) is 1. The molecule has 0 aliphatic rings. The highest BCUT2D eigenvalue weighted by Crippen LogP contribution is 2.04. The van der Waals surface area contributed by atoms with Gasteiger partial charge in [0, 0.05) is 25.5 Å². The molecular formula is C13H18N4O4. The molecule has 0 aliphatic carbocycles. The van der Waals surface area contributed by atoms with E-state index in [-0.39, 0.29) is 0 Å². The van der Waals surface area contributed by atoms with Crippen LogP contribution in [0.3, 0.4) is 0 Å². The van der Waals surface area contributed by atoms with Gasteiger partial charge in [-0.2, -0.15) is 0 Å². The van der Waals surface area contributed by atoms with E-state index in [1.165, 1.54) is 4.90 Å². The quantitative estimate of drug-likeness (QED) is 0.649. The lowest BCUT2D eigenvalue weighted by Gasteiger charge is -2.23. The fourth-order valence-electron chi connectivity index (χ4n) is 1.68. The van der Waals surface area contributed by atoms with E-state index in [0.29, 0.717) is 13.1 Å². The Bertz CT molecular complexity index is 506. The number of carboxylic acid groups (broad SMARTS) is 1. The van der Waals surface area contributed by atoms with Gasteiger partial charge in [0.1, 0.15) is 6.04 Å². The normalized spacial score (nSPS) is 11.5. The van der Waals surface area contributed by atoms with Crippen LogP contribution in [-0.4, -0.2) is 45.5 Å². The number of rotatable bonds is 7. The number of hydrogen-bond donors (Lipinski definition) is 3. The minimum absolute atomic E-state index is 0.313. The number of primary amides is 1. The predicted molar refractivity (Wildman–Crippen MR) is 74.1 cm³/mol. The van der Waals surface area contributed by atoms with Gasteiger partial charge in [0.05, 0.1) is 6.42 Å². The third-order valence-electron chi connectivity index (χ3n) is 2.79. The zero-order chi connectivity index (χ0) is 15.8. The number of aliphatic carboxylic acids is 1. The third-order valence-corrected chi connectivity index (χ3v) is 2.79. The Morgan fingerprint density at radius 3 is 2.48 bits per heavy atom. The molecule has 0 radical (unpaired) electrons. The van der Waals surface area contributed by atoms with Crippen molar-refractivity contribution in [2.75, 3.05) is 6.54 Å². The predicted octanol–water partition coefficient (Wildman–Crippen LogP) is -0.0583. The van der Waals surface area contributed by atoms with Gasteiger partial charge < -0.3 is 21.1 Å². The van der Waals surface area contributed by atoms with Gasteiger partial charge in [-0.1, -0.05) is 0 Å². The van der Waals surface area contributed by atoms with Crippen molar-refractivity contribution in [2.24, 2.45) is 5.73 Å². The maximum absolute atomic E-state index is 12.1. The zero-order valence-corrected chi connectivity index (χ0v) is 11.7. The molecule has 1 atom stereocenters. The second-order valence-electron chi connectivity index (χ2n) is 4.38. The minimum Gasteiger partial charge on any atom is -0.480 e. The molecule has 114 valence electrons. The fourth-order valence-corrected chi connectivity index (χ4v) is 1.68. The number of hydrogen-bond acceptors (Lipinski definition) is 4. The molecule has 1 rings (SSSR count). The van der Waals surface area contributed by atoms with Gasteiger partial charge in [0.15, 0.2) is 0 Å². The number of carbonyl (C=O) groups excluding carboxylic acids is 2. The molecule has 0 spiro atoms. The number of carbonyl (C=O) groups is 3. The van der Waals surface area contributed by atoms with E-state index in [1.54, 1.807) is 31.5 Å². The first kappa shape index (κ1) is 16.4. The maximum atomic E-state index is 12.1. The zero-order valence-electron chi connectivity index (χ0n) is 11.7. The van der Waals surface area contributed by atoms with Gasteiger partial charge in [-0.25, -0.2) is 9.59 Å². The van der Waals surface area contributed by atoms with Gasteiger partial charge in [0.2, 0.25) is 5.91 Å². The lowest BCUT2D eigenvalue weighted by atomic mass is 10.2. The van der Waals surface area contributed by atoms with E-state index in [0.717, 1.165) is 5.56 Å². The summed E-state index contributed by atoms with van der Waals surface area (Å²) in [5.41, 5.74) is 5.83. The molecular weight excluding hydrogens is 276 g/mol. The Kier molecular flexibility index (Phi) is 6.12. The van der Waals surface area contributed by atoms with E-state index < -0.39 is 30.4 Å². The smallest absolute Gasteiger partial charge is 0.326 e. The molecule has 0 aliphatic heterocycles. The Hall–Kier alpha value is -2.64. The summed E-state index contributed by atoms with van der Waals surface area (Å²) in [4.78, 5) is 39.2. The highest BCUT2D eigenvalue weighted by molar-refractivity contribution is 5.87. The van der Waals surface area contributed by atoms with Crippen LogP contribution in [0.25, 0.3) is 0 Å². The van der Waals surface area contributed by atoms with Crippen molar-refractivity contribution in [3.63, 3.8) is 0 Å². The highest BCUT2D eigenvalue weighted by Gasteiger charge is 2.24. The molecule has 0 saturated heterocycles. The largest absolute Gasteiger partial charge is 0.480 e. The van der Waals surface area contributed by atoms with Crippen LogP contribution in [0, 0.1) is 0 Å². The molecule has 1 aromatic rings. The monoisotopic (exact) mass is 294 g/mol. The summed E-state index contributed by atoms with van der Waals surface area (Å²) < 4.78 is 0. The summed E-state index contributed by atoms with van der Waals surface area (Å²) in [6.07, 6.45) is 2.76. The number of nitrogens with one attached hydrogen (secondary N) is 1. The van der Waals surface area contributed by atoms with Crippen LogP contribution in [0.1, 0.15) is 18.9 Å². The molecule has 1 unspecified atom stereocenters. The second-order valence-corrected chi connectivity index (χ2v) is 4.38. The van der Waals surface area contributed by atoms with Crippen LogP contribution in [0.2, 0.25) is 0 Å². The topological polar surface area (TPSA) is 126 Å². The van der Waals surface area contributed by atoms with Crippen LogP contribution in [0.15, 0.2) is 24.5 Å². The minimum atomic E-state index is -1.33. The van der Waals surface area contributed by atoms with E-state index in [2.05, 4.69) is 10.3 Å². The molecule has 1 heterocycles. The maximum Gasteiger partial charge on any atom is 0.326 e. The molecule has 21 heavy (non-hydrogen) atoms. The van der Waals surface area contributed by atoms with Crippen LogP contribution >= 0.6 is 0 Å². The lowest BCUT2D eigenvalue weighted by molar-refractivity contribution is -0.140. The molecule has 1 aromatic heterocycles. The lowest BCUT2D eigenvalue weighted by Crippen LogP contribution is -2.49. The fraction of sp³-hybridized carbons (Fsp3) is 0.385. The van der Waals surface area contributed by atoms with Crippen molar-refractivity contribution in [1.29, 1.82) is 0 Å². The van der Waals surface area contributed by atoms with Gasteiger partial charge in [-0.3, -0.25) is 9.78 Å². The third kappa shape index (κ3) is 5.47. The summed E-state index contributed by atoms with van der Waals surface area (Å²) in [6.45, 7) is 2.47. The Morgan fingerprint density at radius 2 is 2.00 bits per heavy atom. The van der Waals surface area contributed by atoms with Gasteiger partial charge in [-0.15, -0.1) is 0 Å². The number of pyridine rings is 1. The van der Waals surface area contributed by atoms with E-state index >= 15 is 0 Å². The molecule has 0 aromatic carbocycles. The summed E-state index contributed by atoms with van der Waals surface area (Å²) in [5, 5.41) is 11.3. The number of urea groups is 1. The van der Waals surface area contributed by atoms with Crippen molar-refractivity contribution in [1.82, 2.24) is 15.2 Å². The molecule has 0 saturated carbocycles. The number of nitrogens with zero attached hydrogens (tertiary/aromatic N) is 2. The van der Waals surface area contributed by atoms with E-state index in [1.807, 2.05) is 0 Å². The Labute approximate surface area is 121 Å². The summed E-state index contributed by atoms with van der Waals surface area (Å²) in [5.74, 6) is -2.10. The molecule has 4 N–H and O–H groups in total. The molecule has 0 bridgehead atoms. The molecule has 0 fully saturated rings. The van der Waals surface area contributed by atoms with Crippen LogP contribution in [-0.2, 0) is 16.1 Å². The Balaban J connectivity index is 2.69. The average molecular weight is 294 g/mol. The summed E-state index contributed by atoms with van der Waals surface area (Å²) in [6, 6.07) is 1.62. The van der Waals surface area contributed by atoms with Crippen LogP contribution < -0.4 is 11.1 Å². The summed E-state index contributed by atoms with van der Waals surface area (Å²) >= 11 is 0. The number of amides is 3. The van der Waals surface area contributed by atoms with Crippen molar-refractivity contribution < 1.29 is 19.5 Å². The Morgan fingerprint density at radius 1 is 1.38 bits per heavy atom. The number of carboxylic acids is 1. The van der Waals surface area contributed by atoms with Gasteiger partial charge in [-0.05, 0) is 24.6 Å². The first-order valence-electron chi connectivity index (χ1n) is 6.39. The first-order chi connectivity index (χ1) is 9.93. The number of aromatic nitrogens is 1. The van der Waals surface area contributed by atoms with Gasteiger partial charge >= 0.3 is 12.0 Å². The van der Waals surface area contributed by atoms with Crippen molar-refractivity contribution in [3.05, 3.63) is 30.1 Å². The van der Waals surface area contributed by atoms with Crippen molar-refractivity contribution in [3.8, 4) is 0 Å². The average Bonchev–Trinajstić information content (AvgIpc) is 2.44. The van der Waals surface area contributed by atoms with Crippen LogP contribution in [0.4, 0.5) is 4.79 Å². The second kappa shape index (κ2) is 7.83. The van der Waals surface area contributed by atoms with Gasteiger partial charge in [0.25, 0.3) is 0 Å². The van der Waals surface area contributed by atoms with Crippen molar-refractivity contribution >= 4 is 17.9 Å². The SMILES string of the molecule is CCN(Cc1ccncc1)C(=O)NC(CC(N)=O)C(=O)O. The standard InChI is InChI=1S/C13H18N4O4/c1-2-17(8-9-3-5-15-6-4-9)13(21)16-10(12(19)20)7-11(14)18/h3-6,10H,2,7-8H2,1H3,(H2,14,18)(H,16,21)(H,19,20). The van der Waals surface area contributed by atoms with Crippen molar-refractivity contribution in [2.45, 2.75) is 25.9 Å². The van der Waals surface area contributed by atoms with E-state index in [9.17, 15) is 14.4 Å². The first-order valence-corrected chi connectivity index (χ1v) is 6.39. The van der Waals surface area contributed by atoms with E-state index in [4.69, 9.17) is 10.8 Å². The highest BCUT2D eigenvalue weighted by atomic mass is 16.4. The molecule has 3 amide bonds. The molecule has 8 nitrogen and oxygen atoms in total. The van der Waals surface area contributed by atoms with Crippen LogP contribution in [0.5, 0.6) is 0 Å². The summed E-state index contributed by atoms with van der Waals surface area (Å²) in [7, 11) is 0.